The lowest BCUT2D eigenvalue weighted by molar-refractivity contribution is 0.415. The van der Waals surface area contributed by atoms with Gasteiger partial charge in [0.05, 0.1) is 22.8 Å². The first-order valence-corrected chi connectivity index (χ1v) is 7.50. The Morgan fingerprint density at radius 1 is 0.955 bits per heavy atom. The molecule has 1 heterocycles. The van der Waals surface area contributed by atoms with Gasteiger partial charge >= 0.3 is 0 Å². The Bertz CT molecular complexity index is 810. The summed E-state index contributed by atoms with van der Waals surface area (Å²) in [4.78, 5) is 7.98. The minimum absolute atomic E-state index is 0.521. The Morgan fingerprint density at radius 2 is 1.64 bits per heavy atom. The molecule has 3 rings (SSSR count). The molecule has 0 aliphatic rings. The number of ether oxygens (including phenoxy) is 1. The summed E-state index contributed by atoms with van der Waals surface area (Å²) in [5.74, 6) is 1.62. The van der Waals surface area contributed by atoms with Crippen molar-refractivity contribution in [3.05, 3.63) is 58.2 Å². The van der Waals surface area contributed by atoms with Crippen LogP contribution in [-0.2, 0) is 0 Å². The van der Waals surface area contributed by atoms with Crippen molar-refractivity contribution in [1.82, 2.24) is 9.97 Å². The molecule has 22 heavy (non-hydrogen) atoms. The molecule has 2 aromatic carbocycles. The Hall–Kier alpha value is -1.97. The van der Waals surface area contributed by atoms with E-state index in [4.69, 9.17) is 27.9 Å². The molecule has 0 aliphatic heterocycles. The lowest BCUT2D eigenvalue weighted by Crippen LogP contribution is -1.84. The summed E-state index contributed by atoms with van der Waals surface area (Å²) >= 11 is 12.1. The fourth-order valence-corrected chi connectivity index (χ4v) is 2.57. The minimum atomic E-state index is 0.521. The summed E-state index contributed by atoms with van der Waals surface area (Å²) in [6.07, 6.45) is 0. The molecule has 1 aromatic heterocycles. The van der Waals surface area contributed by atoms with E-state index in [-0.39, 0.29) is 0 Å². The summed E-state index contributed by atoms with van der Waals surface area (Å²) in [5, 5.41) is 1.06. The minimum Gasteiger partial charge on any atom is -0.497 e. The molecule has 3 aromatic rings. The number of benzene rings is 2. The third kappa shape index (κ3) is 2.82. The van der Waals surface area contributed by atoms with Gasteiger partial charge in [0.15, 0.2) is 0 Å². The van der Waals surface area contributed by atoms with Gasteiger partial charge in [-0.05, 0) is 43.3 Å². The van der Waals surface area contributed by atoms with Gasteiger partial charge in [0.2, 0.25) is 0 Å². The van der Waals surface area contributed by atoms with Crippen molar-refractivity contribution in [3.8, 4) is 28.4 Å². The first-order chi connectivity index (χ1) is 10.6. The number of halogens is 2. The van der Waals surface area contributed by atoms with Crippen LogP contribution in [0, 0.1) is 6.92 Å². The Labute approximate surface area is 138 Å². The zero-order valence-electron chi connectivity index (χ0n) is 12.2. The van der Waals surface area contributed by atoms with Crippen molar-refractivity contribution in [3.63, 3.8) is 0 Å². The molecule has 1 N–H and O–H groups in total. The lowest BCUT2D eigenvalue weighted by atomic mass is 10.1. The highest BCUT2D eigenvalue weighted by molar-refractivity contribution is 6.42. The van der Waals surface area contributed by atoms with Crippen LogP contribution in [0.1, 0.15) is 5.69 Å². The fraction of sp³-hybridized carbons (Fsp3) is 0.118. The molecule has 0 spiro atoms. The highest BCUT2D eigenvalue weighted by atomic mass is 35.5. The molecule has 0 radical (unpaired) electrons. The maximum absolute atomic E-state index is 6.09. The SMILES string of the molecule is COc1ccc(-c2nc(-c3ccc(Cl)c(Cl)c3)c(C)[nH]2)cc1. The van der Waals surface area contributed by atoms with Gasteiger partial charge in [0.1, 0.15) is 11.6 Å². The van der Waals surface area contributed by atoms with Crippen molar-refractivity contribution in [2.75, 3.05) is 7.11 Å². The number of hydrogen-bond donors (Lipinski definition) is 1. The largest absolute Gasteiger partial charge is 0.497 e. The molecule has 0 atom stereocenters. The molecule has 112 valence electrons. The lowest BCUT2D eigenvalue weighted by Gasteiger charge is -2.01. The van der Waals surface area contributed by atoms with E-state index in [1.807, 2.05) is 43.3 Å². The van der Waals surface area contributed by atoms with Crippen LogP contribution in [0.3, 0.4) is 0 Å². The van der Waals surface area contributed by atoms with E-state index in [0.29, 0.717) is 10.0 Å². The number of aryl methyl sites for hydroxylation is 1. The highest BCUT2D eigenvalue weighted by Crippen LogP contribution is 2.31. The first kappa shape index (κ1) is 14.9. The topological polar surface area (TPSA) is 37.9 Å². The smallest absolute Gasteiger partial charge is 0.138 e. The van der Waals surface area contributed by atoms with E-state index >= 15 is 0 Å². The molecule has 0 aliphatic carbocycles. The monoisotopic (exact) mass is 332 g/mol. The van der Waals surface area contributed by atoms with Crippen molar-refractivity contribution in [2.24, 2.45) is 0 Å². The van der Waals surface area contributed by atoms with Crippen LogP contribution in [0.5, 0.6) is 5.75 Å². The first-order valence-electron chi connectivity index (χ1n) is 6.75. The number of nitrogens with one attached hydrogen (secondary N) is 1. The molecule has 0 amide bonds. The van der Waals surface area contributed by atoms with E-state index < -0.39 is 0 Å². The number of methoxy groups -OCH3 is 1. The van der Waals surface area contributed by atoms with Crippen LogP contribution in [-0.4, -0.2) is 17.1 Å². The van der Waals surface area contributed by atoms with E-state index in [2.05, 4.69) is 9.97 Å². The van der Waals surface area contributed by atoms with E-state index in [9.17, 15) is 0 Å². The van der Waals surface area contributed by atoms with Crippen LogP contribution in [0.25, 0.3) is 22.6 Å². The third-order valence-electron chi connectivity index (χ3n) is 3.44. The van der Waals surface area contributed by atoms with Crippen molar-refractivity contribution < 1.29 is 4.74 Å². The average Bonchev–Trinajstić information content (AvgIpc) is 2.92. The van der Waals surface area contributed by atoms with Crippen LogP contribution in [0.4, 0.5) is 0 Å². The van der Waals surface area contributed by atoms with Gasteiger partial charge in [-0.1, -0.05) is 29.3 Å². The van der Waals surface area contributed by atoms with Gasteiger partial charge < -0.3 is 9.72 Å². The molecule has 5 heteroatoms. The third-order valence-corrected chi connectivity index (χ3v) is 4.18. The number of aromatic nitrogens is 2. The zero-order chi connectivity index (χ0) is 15.7. The molecule has 0 unspecified atom stereocenters. The zero-order valence-corrected chi connectivity index (χ0v) is 13.7. The molecule has 0 bridgehead atoms. The summed E-state index contributed by atoms with van der Waals surface area (Å²) in [7, 11) is 1.65. The standard InChI is InChI=1S/C17H14Cl2N2O/c1-10-16(12-5-8-14(18)15(19)9-12)21-17(20-10)11-3-6-13(22-2)7-4-11/h3-9H,1-2H3,(H,20,21). The van der Waals surface area contributed by atoms with E-state index in [1.165, 1.54) is 0 Å². The predicted octanol–water partition coefficient (Wildman–Crippen LogP) is 5.37. The fourth-order valence-electron chi connectivity index (χ4n) is 2.27. The van der Waals surface area contributed by atoms with Crippen LogP contribution in [0.2, 0.25) is 10.0 Å². The van der Waals surface area contributed by atoms with Gasteiger partial charge in [-0.25, -0.2) is 4.98 Å². The van der Waals surface area contributed by atoms with Gasteiger partial charge in [-0.3, -0.25) is 0 Å². The Balaban J connectivity index is 2.00. The predicted molar refractivity (Wildman–Crippen MR) is 90.8 cm³/mol. The second-order valence-corrected chi connectivity index (χ2v) is 5.73. The van der Waals surface area contributed by atoms with Crippen LogP contribution < -0.4 is 4.74 Å². The number of imidazole rings is 1. The molecular weight excluding hydrogens is 319 g/mol. The van der Waals surface area contributed by atoms with E-state index in [1.54, 1.807) is 13.2 Å². The van der Waals surface area contributed by atoms with Crippen LogP contribution >= 0.6 is 23.2 Å². The van der Waals surface area contributed by atoms with E-state index in [0.717, 1.165) is 34.1 Å². The van der Waals surface area contributed by atoms with Gasteiger partial charge in [0.25, 0.3) is 0 Å². The number of H-pyrrole nitrogens is 1. The van der Waals surface area contributed by atoms with Crippen LogP contribution in [0.15, 0.2) is 42.5 Å². The molecule has 0 fully saturated rings. The average molecular weight is 333 g/mol. The molecule has 0 saturated heterocycles. The van der Waals surface area contributed by atoms with Crippen molar-refractivity contribution in [2.45, 2.75) is 6.92 Å². The highest BCUT2D eigenvalue weighted by Gasteiger charge is 2.12. The summed E-state index contributed by atoms with van der Waals surface area (Å²) < 4.78 is 5.17. The second kappa shape index (κ2) is 6.03. The number of rotatable bonds is 3. The molecular formula is C17H14Cl2N2O. The Kier molecular flexibility index (Phi) is 4.10. The molecule has 0 saturated carbocycles. The summed E-state index contributed by atoms with van der Waals surface area (Å²) in [5.41, 5.74) is 3.77. The maximum Gasteiger partial charge on any atom is 0.138 e. The van der Waals surface area contributed by atoms with Gasteiger partial charge in [-0.15, -0.1) is 0 Å². The normalized spacial score (nSPS) is 10.7. The second-order valence-electron chi connectivity index (χ2n) is 4.92. The maximum atomic E-state index is 6.09. The van der Waals surface area contributed by atoms with Crippen molar-refractivity contribution in [1.29, 1.82) is 0 Å². The molecule has 3 nitrogen and oxygen atoms in total. The Morgan fingerprint density at radius 3 is 2.27 bits per heavy atom. The quantitative estimate of drug-likeness (QED) is 0.700. The van der Waals surface area contributed by atoms with Gasteiger partial charge in [0, 0.05) is 16.8 Å². The summed E-state index contributed by atoms with van der Waals surface area (Å²) in [6.45, 7) is 1.98. The number of nitrogens with zero attached hydrogens (tertiary/aromatic N) is 1. The van der Waals surface area contributed by atoms with Gasteiger partial charge in [-0.2, -0.15) is 0 Å². The summed E-state index contributed by atoms with van der Waals surface area (Å²) in [6, 6.07) is 13.3. The van der Waals surface area contributed by atoms with Crippen molar-refractivity contribution >= 4 is 23.2 Å². The number of hydrogen-bond acceptors (Lipinski definition) is 2. The number of aromatic amines is 1.